The molecule has 0 radical (unpaired) electrons. The maximum absolute atomic E-state index is 12.5. The van der Waals surface area contributed by atoms with Crippen LogP contribution < -0.4 is 14.8 Å². The Kier molecular flexibility index (Phi) is 5.31. The number of amides is 1. The van der Waals surface area contributed by atoms with E-state index in [4.69, 9.17) is 9.47 Å². The van der Waals surface area contributed by atoms with Crippen LogP contribution in [0.4, 0.5) is 0 Å². The van der Waals surface area contributed by atoms with Crippen molar-refractivity contribution >= 4 is 5.91 Å². The van der Waals surface area contributed by atoms with Gasteiger partial charge >= 0.3 is 0 Å². The molecule has 148 valence electrons. The molecule has 1 saturated carbocycles. The van der Waals surface area contributed by atoms with E-state index >= 15 is 0 Å². The van der Waals surface area contributed by atoms with Gasteiger partial charge in [0.25, 0.3) is 0 Å². The number of carbonyl (C=O) groups excluding carboxylic acids is 1. The Balaban J connectivity index is 1.41. The SMILES string of the molecule is COc1ccc(CN[C@@H]2CC[C@@]34CCCN3C(=O)CCC[C@H]4C2)cc1OC. The molecule has 1 aromatic carbocycles. The van der Waals surface area contributed by atoms with E-state index in [9.17, 15) is 4.79 Å². The highest BCUT2D eigenvalue weighted by atomic mass is 16.5. The van der Waals surface area contributed by atoms with Gasteiger partial charge in [0.15, 0.2) is 11.5 Å². The van der Waals surface area contributed by atoms with Gasteiger partial charge in [0.1, 0.15) is 0 Å². The van der Waals surface area contributed by atoms with Crippen LogP contribution in [-0.4, -0.2) is 43.2 Å². The summed E-state index contributed by atoms with van der Waals surface area (Å²) in [6.45, 7) is 1.83. The number of rotatable bonds is 5. The highest BCUT2D eigenvalue weighted by Gasteiger charge is 2.52. The number of hydrogen-bond donors (Lipinski definition) is 1. The van der Waals surface area contributed by atoms with Crippen molar-refractivity contribution in [3.63, 3.8) is 0 Å². The Bertz CT molecular complexity index is 692. The maximum Gasteiger partial charge on any atom is 0.223 e. The zero-order valence-electron chi connectivity index (χ0n) is 16.6. The van der Waals surface area contributed by atoms with Crippen molar-refractivity contribution in [2.45, 2.75) is 69.5 Å². The summed E-state index contributed by atoms with van der Waals surface area (Å²) in [5, 5.41) is 3.77. The molecule has 1 aromatic rings. The van der Waals surface area contributed by atoms with E-state index in [1.54, 1.807) is 14.2 Å². The molecule has 0 bridgehead atoms. The smallest absolute Gasteiger partial charge is 0.223 e. The van der Waals surface area contributed by atoms with Gasteiger partial charge in [-0.3, -0.25) is 4.79 Å². The molecule has 0 aromatic heterocycles. The second kappa shape index (κ2) is 7.70. The standard InChI is InChI=1S/C22H32N2O3/c1-26-19-8-7-16(13-20(19)27-2)15-23-18-9-11-22-10-4-12-24(22)21(25)6-3-5-17(22)14-18/h7-8,13,17-18,23H,3-6,9-12,14-15H2,1-2H3/t17-,18+,22+/m0/s1. The highest BCUT2D eigenvalue weighted by molar-refractivity contribution is 5.78. The molecule has 3 fully saturated rings. The van der Waals surface area contributed by atoms with Gasteiger partial charge in [0.2, 0.25) is 5.91 Å². The van der Waals surface area contributed by atoms with Gasteiger partial charge in [-0.1, -0.05) is 6.07 Å². The second-order valence-electron chi connectivity index (χ2n) is 8.38. The van der Waals surface area contributed by atoms with Crippen molar-refractivity contribution in [3.05, 3.63) is 23.8 Å². The van der Waals surface area contributed by atoms with Gasteiger partial charge in [0, 0.05) is 31.1 Å². The first-order valence-corrected chi connectivity index (χ1v) is 10.4. The van der Waals surface area contributed by atoms with E-state index in [0.717, 1.165) is 50.3 Å². The quantitative estimate of drug-likeness (QED) is 0.859. The lowest BCUT2D eigenvalue weighted by atomic mass is 9.68. The van der Waals surface area contributed by atoms with E-state index in [0.29, 0.717) is 17.9 Å². The van der Waals surface area contributed by atoms with Crippen molar-refractivity contribution in [1.82, 2.24) is 10.2 Å². The summed E-state index contributed by atoms with van der Waals surface area (Å²) in [4.78, 5) is 14.8. The number of benzene rings is 1. The predicted octanol–water partition coefficient (Wildman–Crippen LogP) is 3.51. The molecular weight excluding hydrogens is 340 g/mol. The summed E-state index contributed by atoms with van der Waals surface area (Å²) in [5.41, 5.74) is 1.39. The summed E-state index contributed by atoms with van der Waals surface area (Å²) in [7, 11) is 3.34. The molecule has 2 saturated heterocycles. The Morgan fingerprint density at radius 2 is 2.00 bits per heavy atom. The number of hydrogen-bond acceptors (Lipinski definition) is 4. The van der Waals surface area contributed by atoms with E-state index in [2.05, 4.69) is 22.3 Å². The zero-order chi connectivity index (χ0) is 18.9. The Labute approximate surface area is 162 Å². The van der Waals surface area contributed by atoms with E-state index in [-0.39, 0.29) is 5.54 Å². The zero-order valence-corrected chi connectivity index (χ0v) is 16.6. The lowest BCUT2D eigenvalue weighted by Crippen LogP contribution is -2.55. The largest absolute Gasteiger partial charge is 0.493 e. The fourth-order valence-corrected chi connectivity index (χ4v) is 5.73. The van der Waals surface area contributed by atoms with Crippen LogP contribution in [0.15, 0.2) is 18.2 Å². The molecule has 3 atom stereocenters. The molecule has 1 amide bonds. The highest BCUT2D eigenvalue weighted by Crippen LogP contribution is 2.49. The van der Waals surface area contributed by atoms with Crippen LogP contribution in [-0.2, 0) is 11.3 Å². The van der Waals surface area contributed by atoms with Gasteiger partial charge < -0.3 is 19.7 Å². The molecule has 0 unspecified atom stereocenters. The van der Waals surface area contributed by atoms with Crippen LogP contribution in [0.2, 0.25) is 0 Å². The number of nitrogens with zero attached hydrogens (tertiary/aromatic N) is 1. The average Bonchev–Trinajstić information content (AvgIpc) is 3.07. The minimum absolute atomic E-state index is 0.176. The van der Waals surface area contributed by atoms with Gasteiger partial charge in [-0.25, -0.2) is 0 Å². The lowest BCUT2D eigenvalue weighted by Gasteiger charge is -2.48. The molecule has 4 rings (SSSR count). The Hall–Kier alpha value is -1.75. The summed E-state index contributed by atoms with van der Waals surface area (Å²) >= 11 is 0. The monoisotopic (exact) mass is 372 g/mol. The third kappa shape index (κ3) is 3.42. The molecule has 3 aliphatic rings. The van der Waals surface area contributed by atoms with Crippen LogP contribution in [0.25, 0.3) is 0 Å². The van der Waals surface area contributed by atoms with Crippen molar-refractivity contribution < 1.29 is 14.3 Å². The number of nitrogens with one attached hydrogen (secondary N) is 1. The van der Waals surface area contributed by atoms with Crippen LogP contribution in [0.5, 0.6) is 11.5 Å². The molecule has 1 N–H and O–H groups in total. The van der Waals surface area contributed by atoms with Crippen LogP contribution in [0, 0.1) is 5.92 Å². The second-order valence-corrected chi connectivity index (χ2v) is 8.38. The first-order valence-electron chi connectivity index (χ1n) is 10.4. The van der Waals surface area contributed by atoms with E-state index < -0.39 is 0 Å². The summed E-state index contributed by atoms with van der Waals surface area (Å²) < 4.78 is 10.7. The minimum Gasteiger partial charge on any atom is -0.493 e. The van der Waals surface area contributed by atoms with Crippen molar-refractivity contribution in [2.75, 3.05) is 20.8 Å². The van der Waals surface area contributed by atoms with Crippen LogP contribution in [0.3, 0.4) is 0 Å². The molecular formula is C22H32N2O3. The minimum atomic E-state index is 0.176. The summed E-state index contributed by atoms with van der Waals surface area (Å²) in [6, 6.07) is 6.66. The average molecular weight is 373 g/mol. The molecule has 5 heteroatoms. The lowest BCUT2D eigenvalue weighted by molar-refractivity contribution is -0.137. The van der Waals surface area contributed by atoms with Gasteiger partial charge in [-0.15, -0.1) is 0 Å². The molecule has 2 heterocycles. The van der Waals surface area contributed by atoms with Crippen LogP contribution in [0.1, 0.15) is 56.9 Å². The van der Waals surface area contributed by atoms with Gasteiger partial charge in [-0.2, -0.15) is 0 Å². The summed E-state index contributed by atoms with van der Waals surface area (Å²) in [5.74, 6) is 2.61. The first kappa shape index (κ1) is 18.6. The third-order valence-electron chi connectivity index (χ3n) is 7.07. The van der Waals surface area contributed by atoms with Crippen molar-refractivity contribution in [2.24, 2.45) is 5.92 Å². The number of methoxy groups -OCH3 is 2. The summed E-state index contributed by atoms with van der Waals surface area (Å²) in [6.07, 6.45) is 8.93. The molecule has 2 aliphatic heterocycles. The third-order valence-corrected chi connectivity index (χ3v) is 7.07. The van der Waals surface area contributed by atoms with Gasteiger partial charge in [0.05, 0.1) is 14.2 Å². The van der Waals surface area contributed by atoms with E-state index in [1.165, 1.54) is 31.2 Å². The number of carbonyl (C=O) groups is 1. The maximum atomic E-state index is 12.5. The Morgan fingerprint density at radius 3 is 2.81 bits per heavy atom. The van der Waals surface area contributed by atoms with Crippen LogP contribution >= 0.6 is 0 Å². The van der Waals surface area contributed by atoms with Gasteiger partial charge in [-0.05, 0) is 68.6 Å². The normalized spacial score (nSPS) is 30.4. The predicted molar refractivity (Wildman–Crippen MR) is 105 cm³/mol. The first-order chi connectivity index (χ1) is 13.2. The molecule has 1 aliphatic carbocycles. The Morgan fingerprint density at radius 1 is 1.15 bits per heavy atom. The molecule has 1 spiro atoms. The molecule has 27 heavy (non-hydrogen) atoms. The van der Waals surface area contributed by atoms with Crippen molar-refractivity contribution in [3.8, 4) is 11.5 Å². The topological polar surface area (TPSA) is 50.8 Å². The fraction of sp³-hybridized carbons (Fsp3) is 0.682. The fourth-order valence-electron chi connectivity index (χ4n) is 5.73. The molecule has 5 nitrogen and oxygen atoms in total. The number of ether oxygens (including phenoxy) is 2. The van der Waals surface area contributed by atoms with E-state index in [1.807, 2.05) is 6.07 Å². The van der Waals surface area contributed by atoms with Crippen molar-refractivity contribution in [1.29, 1.82) is 0 Å².